The number of pyridine rings is 1. The Morgan fingerprint density at radius 1 is 1.64 bits per heavy atom. The molecule has 0 fully saturated rings. The number of nitrogens with zero attached hydrogens (tertiary/aromatic N) is 2. The van der Waals surface area contributed by atoms with Crippen molar-refractivity contribution in [3.63, 3.8) is 0 Å². The second kappa shape index (κ2) is 4.84. The van der Waals surface area contributed by atoms with E-state index < -0.39 is 12.1 Å². The standard InChI is InChI=1S/C8H4ClF2IN2/c9-5-3-6(12)14-7(8(10)11)4(5)1-2-13/h3,8H,1H2. The van der Waals surface area contributed by atoms with Gasteiger partial charge in [0.05, 0.1) is 12.5 Å². The van der Waals surface area contributed by atoms with E-state index in [1.54, 1.807) is 28.7 Å². The van der Waals surface area contributed by atoms with E-state index in [4.69, 9.17) is 16.9 Å². The van der Waals surface area contributed by atoms with Gasteiger partial charge in [-0.05, 0) is 28.7 Å². The number of aromatic nitrogens is 1. The molecule has 74 valence electrons. The van der Waals surface area contributed by atoms with Gasteiger partial charge in [0.15, 0.2) is 0 Å². The van der Waals surface area contributed by atoms with Crippen LogP contribution in [-0.2, 0) is 6.42 Å². The molecule has 0 atom stereocenters. The maximum atomic E-state index is 12.5. The maximum Gasteiger partial charge on any atom is 0.280 e. The topological polar surface area (TPSA) is 36.7 Å². The van der Waals surface area contributed by atoms with Crippen molar-refractivity contribution in [2.45, 2.75) is 12.8 Å². The molecule has 0 saturated heterocycles. The average molecular weight is 328 g/mol. The maximum absolute atomic E-state index is 12.5. The Morgan fingerprint density at radius 2 is 2.29 bits per heavy atom. The minimum absolute atomic E-state index is 0.115. The third kappa shape index (κ3) is 2.51. The lowest BCUT2D eigenvalue weighted by atomic mass is 10.1. The molecule has 0 spiro atoms. The molecule has 0 N–H and O–H groups in total. The summed E-state index contributed by atoms with van der Waals surface area (Å²) in [5.41, 5.74) is -0.284. The zero-order valence-electron chi connectivity index (χ0n) is 6.77. The van der Waals surface area contributed by atoms with Gasteiger partial charge in [-0.1, -0.05) is 11.6 Å². The Morgan fingerprint density at radius 3 is 2.79 bits per heavy atom. The second-order valence-electron chi connectivity index (χ2n) is 2.43. The first-order valence-corrected chi connectivity index (χ1v) is 5.02. The number of halogens is 4. The highest BCUT2D eigenvalue weighted by Gasteiger charge is 2.18. The van der Waals surface area contributed by atoms with Gasteiger partial charge in [0.25, 0.3) is 6.43 Å². The Bertz CT molecular complexity index is 390. The van der Waals surface area contributed by atoms with Gasteiger partial charge in [0, 0.05) is 10.6 Å². The van der Waals surface area contributed by atoms with Crippen LogP contribution in [0.3, 0.4) is 0 Å². The lowest BCUT2D eigenvalue weighted by Gasteiger charge is -2.07. The zero-order chi connectivity index (χ0) is 10.7. The van der Waals surface area contributed by atoms with Crippen molar-refractivity contribution >= 4 is 34.2 Å². The van der Waals surface area contributed by atoms with Crippen LogP contribution in [0.25, 0.3) is 0 Å². The molecule has 0 radical (unpaired) electrons. The summed E-state index contributed by atoms with van der Waals surface area (Å²) in [6, 6.07) is 3.24. The van der Waals surface area contributed by atoms with Gasteiger partial charge in [0.2, 0.25) is 0 Å². The van der Waals surface area contributed by atoms with Gasteiger partial charge in [-0.25, -0.2) is 13.8 Å². The van der Waals surface area contributed by atoms with Crippen LogP contribution in [0.4, 0.5) is 8.78 Å². The first-order valence-electron chi connectivity index (χ1n) is 3.56. The van der Waals surface area contributed by atoms with E-state index in [1.165, 1.54) is 6.07 Å². The molecule has 14 heavy (non-hydrogen) atoms. The third-order valence-corrected chi connectivity index (χ3v) is 2.42. The number of alkyl halides is 2. The molecule has 6 heteroatoms. The van der Waals surface area contributed by atoms with Gasteiger partial charge in [-0.2, -0.15) is 5.26 Å². The molecule has 1 aromatic heterocycles. The lowest BCUT2D eigenvalue weighted by molar-refractivity contribution is 0.145. The molecule has 0 aliphatic rings. The van der Waals surface area contributed by atoms with Crippen LogP contribution in [-0.4, -0.2) is 4.98 Å². The molecule has 0 aliphatic carbocycles. The molecule has 1 rings (SSSR count). The molecule has 0 amide bonds. The van der Waals surface area contributed by atoms with Crippen LogP contribution in [0.15, 0.2) is 6.07 Å². The highest BCUT2D eigenvalue weighted by Crippen LogP contribution is 2.28. The minimum Gasteiger partial charge on any atom is -0.240 e. The monoisotopic (exact) mass is 328 g/mol. The molecule has 0 aliphatic heterocycles. The van der Waals surface area contributed by atoms with Crippen LogP contribution in [0.1, 0.15) is 17.7 Å². The minimum atomic E-state index is -2.70. The van der Waals surface area contributed by atoms with Gasteiger partial charge < -0.3 is 0 Å². The summed E-state index contributed by atoms with van der Waals surface area (Å²) >= 11 is 7.53. The smallest absolute Gasteiger partial charge is 0.240 e. The molecule has 0 unspecified atom stereocenters. The molecule has 0 aromatic carbocycles. The highest BCUT2D eigenvalue weighted by atomic mass is 127. The fraction of sp³-hybridized carbons (Fsp3) is 0.250. The molecule has 1 heterocycles. The van der Waals surface area contributed by atoms with Crippen LogP contribution < -0.4 is 0 Å². The summed E-state index contributed by atoms with van der Waals surface area (Å²) in [4.78, 5) is 3.65. The quantitative estimate of drug-likeness (QED) is 0.617. The fourth-order valence-corrected chi connectivity index (χ4v) is 1.99. The van der Waals surface area contributed by atoms with E-state index in [1.807, 2.05) is 0 Å². The van der Waals surface area contributed by atoms with E-state index in [0.717, 1.165) is 0 Å². The van der Waals surface area contributed by atoms with Gasteiger partial charge in [-0.15, -0.1) is 0 Å². The highest BCUT2D eigenvalue weighted by molar-refractivity contribution is 14.1. The Labute approximate surface area is 98.0 Å². The lowest BCUT2D eigenvalue weighted by Crippen LogP contribution is -2.00. The molecular formula is C8H4ClF2IN2. The van der Waals surface area contributed by atoms with Gasteiger partial charge in [-0.3, -0.25) is 0 Å². The molecule has 1 aromatic rings. The van der Waals surface area contributed by atoms with Crippen LogP contribution in [0.5, 0.6) is 0 Å². The molecule has 0 saturated carbocycles. The van der Waals surface area contributed by atoms with Crippen molar-refractivity contribution in [1.29, 1.82) is 5.26 Å². The largest absolute Gasteiger partial charge is 0.280 e. The summed E-state index contributed by atoms with van der Waals surface area (Å²) in [6.07, 6.45) is -2.85. The number of hydrogen-bond acceptors (Lipinski definition) is 2. The number of rotatable bonds is 2. The van der Waals surface area contributed by atoms with E-state index in [-0.39, 0.29) is 17.0 Å². The Hall–Kier alpha value is -0.480. The molecule has 2 nitrogen and oxygen atoms in total. The molecular weight excluding hydrogens is 324 g/mol. The fourth-order valence-electron chi connectivity index (χ4n) is 0.963. The van der Waals surface area contributed by atoms with Gasteiger partial charge in [0.1, 0.15) is 9.39 Å². The normalized spacial score (nSPS) is 10.3. The number of hydrogen-bond donors (Lipinski definition) is 0. The van der Waals surface area contributed by atoms with Gasteiger partial charge >= 0.3 is 0 Å². The van der Waals surface area contributed by atoms with Crippen molar-refractivity contribution < 1.29 is 8.78 Å². The predicted molar refractivity (Wildman–Crippen MR) is 56.2 cm³/mol. The summed E-state index contributed by atoms with van der Waals surface area (Å²) in [7, 11) is 0. The van der Waals surface area contributed by atoms with E-state index in [2.05, 4.69) is 4.98 Å². The summed E-state index contributed by atoms with van der Waals surface area (Å²) < 4.78 is 25.3. The summed E-state index contributed by atoms with van der Waals surface area (Å²) in [6.45, 7) is 0. The first kappa shape index (κ1) is 11.6. The van der Waals surface area contributed by atoms with Crippen LogP contribution in [0, 0.1) is 15.0 Å². The van der Waals surface area contributed by atoms with E-state index in [9.17, 15) is 8.78 Å². The molecule has 0 bridgehead atoms. The van der Waals surface area contributed by atoms with E-state index >= 15 is 0 Å². The first-order chi connectivity index (χ1) is 6.56. The van der Waals surface area contributed by atoms with Crippen molar-refractivity contribution in [2.75, 3.05) is 0 Å². The Balaban J connectivity index is 3.30. The van der Waals surface area contributed by atoms with Crippen molar-refractivity contribution in [2.24, 2.45) is 0 Å². The van der Waals surface area contributed by atoms with Crippen molar-refractivity contribution in [3.8, 4) is 6.07 Å². The van der Waals surface area contributed by atoms with Crippen molar-refractivity contribution in [3.05, 3.63) is 26.0 Å². The van der Waals surface area contributed by atoms with Crippen LogP contribution in [0.2, 0.25) is 5.02 Å². The summed E-state index contributed by atoms with van der Waals surface area (Å²) in [5.74, 6) is 0. The average Bonchev–Trinajstić information content (AvgIpc) is 2.09. The Kier molecular flexibility index (Phi) is 4.01. The van der Waals surface area contributed by atoms with E-state index in [0.29, 0.717) is 3.70 Å². The predicted octanol–water partition coefficient (Wildman–Crippen LogP) is 3.34. The van der Waals surface area contributed by atoms with Crippen molar-refractivity contribution in [1.82, 2.24) is 4.98 Å². The second-order valence-corrected chi connectivity index (χ2v) is 3.94. The SMILES string of the molecule is N#CCc1c(Cl)cc(I)nc1C(F)F. The summed E-state index contributed by atoms with van der Waals surface area (Å²) in [5, 5.41) is 8.60. The number of nitriles is 1. The van der Waals surface area contributed by atoms with Crippen LogP contribution >= 0.6 is 34.2 Å². The zero-order valence-corrected chi connectivity index (χ0v) is 9.68. The third-order valence-electron chi connectivity index (χ3n) is 1.53.